The first kappa shape index (κ1) is 25.4. The maximum absolute atomic E-state index is 8.00. The first-order valence-electron chi connectivity index (χ1n) is 5.21. The van der Waals surface area contributed by atoms with E-state index in [2.05, 4.69) is 41.5 Å². The Kier molecular flexibility index (Phi) is 16.0. The molecule has 108 valence electrons. The lowest BCUT2D eigenvalue weighted by Crippen LogP contribution is -2.31. The molecule has 0 aromatic carbocycles. The lowest BCUT2D eigenvalue weighted by molar-refractivity contribution is -0.112. The van der Waals surface area contributed by atoms with E-state index in [-0.39, 0.29) is 32.2 Å². The van der Waals surface area contributed by atoms with Crippen LogP contribution in [0.15, 0.2) is 0 Å². The van der Waals surface area contributed by atoms with E-state index < -0.39 is 0 Å². The van der Waals surface area contributed by atoms with Gasteiger partial charge in [-0.2, -0.15) is 0 Å². The predicted octanol–water partition coefficient (Wildman–Crippen LogP) is 4.09. The monoisotopic (exact) mass is 250 g/mol. The van der Waals surface area contributed by atoms with Gasteiger partial charge in [0.2, 0.25) is 0 Å². The zero-order valence-electron chi connectivity index (χ0n) is 11.2. The average Bonchev–Trinajstić information content (AvgIpc) is 2.00. The summed E-state index contributed by atoms with van der Waals surface area (Å²) in [7, 11) is 0. The Hall–Kier alpha value is -0.410. The van der Waals surface area contributed by atoms with Gasteiger partial charge in [-0.3, -0.25) is 0 Å². The van der Waals surface area contributed by atoms with Crippen molar-refractivity contribution in [2.45, 2.75) is 80.6 Å². The highest BCUT2D eigenvalue weighted by molar-refractivity contribution is 5.10. The van der Waals surface area contributed by atoms with E-state index in [9.17, 15) is 0 Å². The Morgan fingerprint density at radius 3 is 1.53 bits per heavy atom. The van der Waals surface area contributed by atoms with Gasteiger partial charge in [0, 0.05) is 0 Å². The standard InChI is InChI=1S/C11H24O2.CH2O.2CH4/c1-9(13-11(5,6)7)8-12-10(2,3)4;1-2;;/h9H,8H2,1-7H3;1H2;2*1H4. The quantitative estimate of drug-likeness (QED) is 0.756. The van der Waals surface area contributed by atoms with Crippen molar-refractivity contribution in [3.05, 3.63) is 0 Å². The van der Waals surface area contributed by atoms with Crippen LogP contribution < -0.4 is 0 Å². The Morgan fingerprint density at radius 1 is 0.941 bits per heavy atom. The fourth-order valence-electron chi connectivity index (χ4n) is 1.00. The smallest absolute Gasteiger partial charge is 0.106 e. The molecular formula is C14H34O3. The van der Waals surface area contributed by atoms with Crippen LogP contribution in [0.4, 0.5) is 0 Å². The minimum absolute atomic E-state index is 0. The number of rotatable bonds is 3. The second kappa shape index (κ2) is 10.7. The number of hydrogen-bond donors (Lipinski definition) is 0. The van der Waals surface area contributed by atoms with E-state index in [1.807, 2.05) is 13.7 Å². The van der Waals surface area contributed by atoms with Crippen molar-refractivity contribution in [2.75, 3.05) is 6.61 Å². The van der Waals surface area contributed by atoms with Gasteiger partial charge in [0.05, 0.1) is 23.9 Å². The van der Waals surface area contributed by atoms with Crippen LogP contribution in [0.2, 0.25) is 0 Å². The van der Waals surface area contributed by atoms with Crippen LogP contribution in [-0.2, 0) is 14.3 Å². The molecule has 0 aliphatic heterocycles. The third kappa shape index (κ3) is 25.7. The molecule has 1 atom stereocenters. The van der Waals surface area contributed by atoms with Crippen LogP contribution in [-0.4, -0.2) is 30.7 Å². The molecule has 1 unspecified atom stereocenters. The normalized spacial score (nSPS) is 12.4. The molecule has 0 radical (unpaired) electrons. The minimum Gasteiger partial charge on any atom is -0.373 e. The van der Waals surface area contributed by atoms with Gasteiger partial charge in [0.25, 0.3) is 0 Å². The lowest BCUT2D eigenvalue weighted by Gasteiger charge is -2.28. The fourth-order valence-corrected chi connectivity index (χ4v) is 1.00. The molecule has 17 heavy (non-hydrogen) atoms. The summed E-state index contributed by atoms with van der Waals surface area (Å²) in [6.45, 7) is 17.0. The number of hydrogen-bond acceptors (Lipinski definition) is 3. The molecule has 0 aromatic rings. The minimum atomic E-state index is -0.0827. The molecule has 0 aliphatic rings. The second-order valence-corrected chi connectivity index (χ2v) is 5.46. The molecule has 0 rings (SSSR count). The zero-order valence-corrected chi connectivity index (χ0v) is 11.2. The fraction of sp³-hybridized carbons (Fsp3) is 0.929. The summed E-state index contributed by atoms with van der Waals surface area (Å²) in [4.78, 5) is 8.00. The molecule has 0 saturated heterocycles. The van der Waals surface area contributed by atoms with Gasteiger partial charge in [-0.05, 0) is 48.5 Å². The molecule has 0 spiro atoms. The van der Waals surface area contributed by atoms with E-state index in [1.54, 1.807) is 0 Å². The maximum Gasteiger partial charge on any atom is 0.106 e. The van der Waals surface area contributed by atoms with Crippen LogP contribution in [0, 0.1) is 0 Å². The lowest BCUT2D eigenvalue weighted by atomic mass is 10.2. The Labute approximate surface area is 109 Å². The molecule has 0 aromatic heterocycles. The topological polar surface area (TPSA) is 35.5 Å². The van der Waals surface area contributed by atoms with Crippen LogP contribution >= 0.6 is 0 Å². The van der Waals surface area contributed by atoms with Crippen molar-refractivity contribution in [1.82, 2.24) is 0 Å². The highest BCUT2D eigenvalue weighted by Crippen LogP contribution is 2.13. The summed E-state index contributed by atoms with van der Waals surface area (Å²) < 4.78 is 11.3. The van der Waals surface area contributed by atoms with Gasteiger partial charge >= 0.3 is 0 Å². The Balaban J connectivity index is -0.000000199. The zero-order chi connectivity index (χ0) is 12.7. The summed E-state index contributed by atoms with van der Waals surface area (Å²) in [5.74, 6) is 0. The van der Waals surface area contributed by atoms with Crippen molar-refractivity contribution in [1.29, 1.82) is 0 Å². The molecule has 0 amide bonds. The molecule has 3 heteroatoms. The molecule has 0 saturated carbocycles. The first-order chi connectivity index (χ1) is 6.60. The predicted molar refractivity (Wildman–Crippen MR) is 76.6 cm³/mol. The van der Waals surface area contributed by atoms with Gasteiger partial charge in [0.1, 0.15) is 6.79 Å². The molecule has 0 fully saturated rings. The summed E-state index contributed by atoms with van der Waals surface area (Å²) in [5, 5.41) is 0. The average molecular weight is 250 g/mol. The van der Waals surface area contributed by atoms with E-state index in [0.717, 1.165) is 0 Å². The third-order valence-corrected chi connectivity index (χ3v) is 1.31. The SMILES string of the molecule is C.C.C=O.CC(COC(C)(C)C)OC(C)(C)C. The van der Waals surface area contributed by atoms with Crippen molar-refractivity contribution in [3.8, 4) is 0 Å². The molecule has 0 bridgehead atoms. The van der Waals surface area contributed by atoms with Gasteiger partial charge in [-0.15, -0.1) is 0 Å². The highest BCUT2D eigenvalue weighted by atomic mass is 16.6. The Bertz CT molecular complexity index is 154. The van der Waals surface area contributed by atoms with Gasteiger partial charge in [-0.1, -0.05) is 14.9 Å². The second-order valence-electron chi connectivity index (χ2n) is 5.46. The van der Waals surface area contributed by atoms with Crippen molar-refractivity contribution in [2.24, 2.45) is 0 Å². The van der Waals surface area contributed by atoms with Crippen LogP contribution in [0.25, 0.3) is 0 Å². The van der Waals surface area contributed by atoms with Crippen LogP contribution in [0.5, 0.6) is 0 Å². The molecule has 0 aliphatic carbocycles. The van der Waals surface area contributed by atoms with Crippen molar-refractivity contribution in [3.63, 3.8) is 0 Å². The summed E-state index contributed by atoms with van der Waals surface area (Å²) in [5.41, 5.74) is -0.157. The van der Waals surface area contributed by atoms with Crippen molar-refractivity contribution < 1.29 is 14.3 Å². The number of carbonyl (C=O) groups excluding carboxylic acids is 1. The van der Waals surface area contributed by atoms with Crippen LogP contribution in [0.1, 0.15) is 63.3 Å². The first-order valence-corrected chi connectivity index (χ1v) is 5.21. The molecular weight excluding hydrogens is 216 g/mol. The maximum atomic E-state index is 8.00. The Morgan fingerprint density at radius 2 is 1.29 bits per heavy atom. The summed E-state index contributed by atoms with van der Waals surface area (Å²) in [6, 6.07) is 0. The number of carbonyl (C=O) groups is 1. The largest absolute Gasteiger partial charge is 0.373 e. The third-order valence-electron chi connectivity index (χ3n) is 1.31. The molecule has 0 N–H and O–H groups in total. The highest BCUT2D eigenvalue weighted by Gasteiger charge is 2.17. The van der Waals surface area contributed by atoms with Gasteiger partial charge in [-0.25, -0.2) is 0 Å². The summed E-state index contributed by atoms with van der Waals surface area (Å²) in [6.07, 6.45) is 0.152. The molecule has 0 heterocycles. The molecule has 3 nitrogen and oxygen atoms in total. The van der Waals surface area contributed by atoms with E-state index >= 15 is 0 Å². The van der Waals surface area contributed by atoms with Crippen LogP contribution in [0.3, 0.4) is 0 Å². The van der Waals surface area contributed by atoms with Gasteiger partial charge < -0.3 is 14.3 Å². The van der Waals surface area contributed by atoms with E-state index in [0.29, 0.717) is 6.61 Å². The van der Waals surface area contributed by atoms with Gasteiger partial charge in [0.15, 0.2) is 0 Å². The van der Waals surface area contributed by atoms with E-state index in [4.69, 9.17) is 14.3 Å². The summed E-state index contributed by atoms with van der Waals surface area (Å²) >= 11 is 0. The van der Waals surface area contributed by atoms with Crippen molar-refractivity contribution >= 4 is 6.79 Å². The number of ether oxygens (including phenoxy) is 2. The van der Waals surface area contributed by atoms with E-state index in [1.165, 1.54) is 0 Å².